The molecule has 1 amide bonds. The standard InChI is InChI=1S/C29H39N5O/c1-4-34-27-8-6-5-7-26(27)30-28(34)21-31-15-13-24(14-16-31)29(35)33-19-17-32(18-20-33)25-11-9-23(10-12-25)22(2)3/h5-12,22,24H,4,13-21H2,1-3H3. The van der Waals surface area contributed by atoms with Gasteiger partial charge in [0.05, 0.1) is 17.6 Å². The molecule has 3 aromatic rings. The molecule has 0 unspecified atom stereocenters. The smallest absolute Gasteiger partial charge is 0.225 e. The summed E-state index contributed by atoms with van der Waals surface area (Å²) >= 11 is 0. The first-order valence-corrected chi connectivity index (χ1v) is 13.3. The van der Waals surface area contributed by atoms with Crippen molar-refractivity contribution in [1.29, 1.82) is 0 Å². The van der Waals surface area contributed by atoms with E-state index in [9.17, 15) is 4.79 Å². The fourth-order valence-corrected chi connectivity index (χ4v) is 5.65. The minimum absolute atomic E-state index is 0.160. The summed E-state index contributed by atoms with van der Waals surface area (Å²) in [6.45, 7) is 13.8. The molecule has 5 rings (SSSR count). The van der Waals surface area contributed by atoms with Crippen LogP contribution in [-0.4, -0.2) is 64.5 Å². The first-order valence-electron chi connectivity index (χ1n) is 13.3. The molecule has 0 bridgehead atoms. The van der Waals surface area contributed by atoms with Crippen molar-refractivity contribution in [3.05, 3.63) is 59.9 Å². The van der Waals surface area contributed by atoms with Crippen molar-refractivity contribution in [2.75, 3.05) is 44.2 Å². The van der Waals surface area contributed by atoms with Crippen LogP contribution in [0.5, 0.6) is 0 Å². The van der Waals surface area contributed by atoms with Crippen LogP contribution in [0, 0.1) is 5.92 Å². The molecule has 0 spiro atoms. The highest BCUT2D eigenvalue weighted by atomic mass is 16.2. The van der Waals surface area contributed by atoms with E-state index in [0.29, 0.717) is 11.8 Å². The van der Waals surface area contributed by atoms with E-state index < -0.39 is 0 Å². The number of fused-ring (bicyclic) bond motifs is 1. The summed E-state index contributed by atoms with van der Waals surface area (Å²) in [5, 5.41) is 0. The molecule has 3 heterocycles. The van der Waals surface area contributed by atoms with Gasteiger partial charge in [0.15, 0.2) is 0 Å². The molecule has 0 atom stereocenters. The Morgan fingerprint density at radius 2 is 1.63 bits per heavy atom. The molecule has 0 radical (unpaired) electrons. The molecule has 186 valence electrons. The number of aromatic nitrogens is 2. The van der Waals surface area contributed by atoms with Gasteiger partial charge in [-0.3, -0.25) is 9.69 Å². The van der Waals surface area contributed by atoms with Gasteiger partial charge in [0.1, 0.15) is 5.82 Å². The number of hydrogen-bond donors (Lipinski definition) is 0. The fourth-order valence-electron chi connectivity index (χ4n) is 5.65. The lowest BCUT2D eigenvalue weighted by Gasteiger charge is -2.39. The Balaban J connectivity index is 1.12. The number of para-hydroxylation sites is 2. The summed E-state index contributed by atoms with van der Waals surface area (Å²) < 4.78 is 2.32. The molecule has 0 N–H and O–H groups in total. The number of aryl methyl sites for hydroxylation is 1. The Morgan fingerprint density at radius 1 is 0.943 bits per heavy atom. The van der Waals surface area contributed by atoms with Crippen molar-refractivity contribution in [2.45, 2.75) is 52.6 Å². The highest BCUT2D eigenvalue weighted by molar-refractivity contribution is 5.79. The van der Waals surface area contributed by atoms with Crippen molar-refractivity contribution in [1.82, 2.24) is 19.4 Å². The van der Waals surface area contributed by atoms with E-state index in [4.69, 9.17) is 4.98 Å². The van der Waals surface area contributed by atoms with Crippen molar-refractivity contribution >= 4 is 22.6 Å². The average Bonchev–Trinajstić information content (AvgIpc) is 3.25. The Kier molecular flexibility index (Phi) is 7.09. The molecule has 0 saturated carbocycles. The molecule has 2 aromatic carbocycles. The van der Waals surface area contributed by atoms with Gasteiger partial charge in [-0.1, -0.05) is 38.1 Å². The van der Waals surface area contributed by atoms with Gasteiger partial charge in [0.25, 0.3) is 0 Å². The molecule has 6 heteroatoms. The van der Waals surface area contributed by atoms with Crippen molar-refractivity contribution in [2.24, 2.45) is 5.92 Å². The number of benzene rings is 2. The molecular weight excluding hydrogens is 434 g/mol. The number of carbonyl (C=O) groups is 1. The zero-order valence-electron chi connectivity index (χ0n) is 21.5. The van der Waals surface area contributed by atoms with E-state index in [-0.39, 0.29) is 5.92 Å². The fraction of sp³-hybridized carbons (Fsp3) is 0.517. The first-order chi connectivity index (χ1) is 17.0. The molecule has 6 nitrogen and oxygen atoms in total. The van der Waals surface area contributed by atoms with E-state index in [1.54, 1.807) is 0 Å². The molecule has 2 saturated heterocycles. The third-order valence-electron chi connectivity index (χ3n) is 7.87. The number of piperidine rings is 1. The number of hydrogen-bond acceptors (Lipinski definition) is 4. The number of anilines is 1. The van der Waals surface area contributed by atoms with E-state index in [2.05, 4.69) is 88.6 Å². The number of nitrogens with zero attached hydrogens (tertiary/aromatic N) is 5. The number of amides is 1. The van der Waals surface area contributed by atoms with Gasteiger partial charge >= 0.3 is 0 Å². The maximum absolute atomic E-state index is 13.3. The van der Waals surface area contributed by atoms with Gasteiger partial charge in [0.2, 0.25) is 5.91 Å². The largest absolute Gasteiger partial charge is 0.368 e. The zero-order chi connectivity index (χ0) is 24.4. The Morgan fingerprint density at radius 3 is 2.29 bits per heavy atom. The zero-order valence-corrected chi connectivity index (χ0v) is 21.5. The lowest BCUT2D eigenvalue weighted by atomic mass is 9.95. The number of carbonyl (C=O) groups excluding carboxylic acids is 1. The second-order valence-corrected chi connectivity index (χ2v) is 10.4. The van der Waals surface area contributed by atoms with Crippen molar-refractivity contribution < 1.29 is 4.79 Å². The van der Waals surface area contributed by atoms with Gasteiger partial charge in [-0.25, -0.2) is 4.98 Å². The SMILES string of the molecule is CCn1c(CN2CCC(C(=O)N3CCN(c4ccc(C(C)C)cc4)CC3)CC2)nc2ccccc21. The second-order valence-electron chi connectivity index (χ2n) is 10.4. The van der Waals surface area contributed by atoms with Gasteiger partial charge in [-0.2, -0.15) is 0 Å². The minimum Gasteiger partial charge on any atom is -0.368 e. The van der Waals surface area contributed by atoms with Crippen LogP contribution in [0.1, 0.15) is 50.9 Å². The predicted octanol–water partition coefficient (Wildman–Crippen LogP) is 4.74. The van der Waals surface area contributed by atoms with Crippen LogP contribution in [0.2, 0.25) is 0 Å². The summed E-state index contributed by atoms with van der Waals surface area (Å²) in [5.41, 5.74) is 4.93. The second kappa shape index (κ2) is 10.4. The monoisotopic (exact) mass is 473 g/mol. The van der Waals surface area contributed by atoms with Gasteiger partial charge in [-0.05, 0) is 68.6 Å². The van der Waals surface area contributed by atoms with Crippen LogP contribution in [0.3, 0.4) is 0 Å². The minimum atomic E-state index is 0.160. The summed E-state index contributed by atoms with van der Waals surface area (Å²) in [4.78, 5) is 25.2. The quantitative estimate of drug-likeness (QED) is 0.519. The van der Waals surface area contributed by atoms with Crippen molar-refractivity contribution in [3.63, 3.8) is 0 Å². The summed E-state index contributed by atoms with van der Waals surface area (Å²) in [7, 11) is 0. The van der Waals surface area contributed by atoms with Crippen molar-refractivity contribution in [3.8, 4) is 0 Å². The Bertz CT molecular complexity index is 1140. The lowest BCUT2D eigenvalue weighted by Crippen LogP contribution is -2.51. The van der Waals surface area contributed by atoms with Gasteiger partial charge < -0.3 is 14.4 Å². The third kappa shape index (κ3) is 5.08. The molecule has 0 aliphatic carbocycles. The van der Waals surface area contributed by atoms with E-state index >= 15 is 0 Å². The normalized spacial score (nSPS) is 18.1. The number of imidazole rings is 1. The number of piperazine rings is 1. The summed E-state index contributed by atoms with van der Waals surface area (Å²) in [6, 6.07) is 17.3. The van der Waals surface area contributed by atoms with E-state index in [1.807, 2.05) is 0 Å². The molecule has 1 aromatic heterocycles. The van der Waals surface area contributed by atoms with E-state index in [0.717, 1.165) is 76.5 Å². The topological polar surface area (TPSA) is 44.6 Å². The van der Waals surface area contributed by atoms with Crippen LogP contribution in [-0.2, 0) is 17.9 Å². The molecular formula is C29H39N5O. The lowest BCUT2D eigenvalue weighted by molar-refractivity contribution is -0.137. The van der Waals surface area contributed by atoms with Crippen LogP contribution < -0.4 is 4.90 Å². The van der Waals surface area contributed by atoms with E-state index in [1.165, 1.54) is 16.8 Å². The maximum atomic E-state index is 13.3. The molecule has 2 aliphatic heterocycles. The Labute approximate surface area is 209 Å². The molecule has 2 aliphatic rings. The Hall–Kier alpha value is -2.86. The van der Waals surface area contributed by atoms with Crippen LogP contribution in [0.4, 0.5) is 5.69 Å². The predicted molar refractivity (Wildman–Crippen MR) is 143 cm³/mol. The highest BCUT2D eigenvalue weighted by Gasteiger charge is 2.31. The third-order valence-corrected chi connectivity index (χ3v) is 7.87. The number of likely N-dealkylation sites (tertiary alicyclic amines) is 1. The van der Waals surface area contributed by atoms with Crippen LogP contribution >= 0.6 is 0 Å². The number of rotatable bonds is 6. The molecule has 2 fully saturated rings. The van der Waals surface area contributed by atoms with Crippen LogP contribution in [0.15, 0.2) is 48.5 Å². The summed E-state index contributed by atoms with van der Waals surface area (Å²) in [6.07, 6.45) is 1.89. The van der Waals surface area contributed by atoms with Gasteiger partial charge in [-0.15, -0.1) is 0 Å². The maximum Gasteiger partial charge on any atom is 0.225 e. The highest BCUT2D eigenvalue weighted by Crippen LogP contribution is 2.25. The summed E-state index contributed by atoms with van der Waals surface area (Å²) in [5.74, 6) is 2.21. The molecule has 35 heavy (non-hydrogen) atoms. The first kappa shape index (κ1) is 23.9. The van der Waals surface area contributed by atoms with Gasteiger partial charge in [0, 0.05) is 44.3 Å². The average molecular weight is 474 g/mol. The van der Waals surface area contributed by atoms with Crippen LogP contribution in [0.25, 0.3) is 11.0 Å².